The number of likely N-dealkylation sites (N-methyl/N-ethyl adjacent to an activating group) is 1. The maximum absolute atomic E-state index is 12.7. The third-order valence-corrected chi connectivity index (χ3v) is 5.63. The lowest BCUT2D eigenvalue weighted by atomic mass is 10.3. The molecule has 6 nitrogen and oxygen atoms in total. The zero-order valence-corrected chi connectivity index (χ0v) is 18.4. The third kappa shape index (κ3) is 7.25. The Morgan fingerprint density at radius 1 is 1.14 bits per heavy atom. The van der Waals surface area contributed by atoms with E-state index in [1.807, 2.05) is 19.0 Å². The molecule has 0 radical (unpaired) electrons. The average Bonchev–Trinajstić information content (AvgIpc) is 2.55. The van der Waals surface area contributed by atoms with Crippen LogP contribution in [0, 0.1) is 0 Å². The highest BCUT2D eigenvalue weighted by Crippen LogP contribution is 2.34. The molecule has 0 amide bonds. The molecular formula is C17H17BrClF3N2O4S. The number of alkyl halides is 3. The fourth-order valence-electron chi connectivity index (χ4n) is 2.13. The molecule has 0 saturated heterocycles. The molecule has 29 heavy (non-hydrogen) atoms. The largest absolute Gasteiger partial charge is 0.573 e. The molecule has 0 fully saturated rings. The van der Waals surface area contributed by atoms with Crippen molar-refractivity contribution in [1.29, 1.82) is 0 Å². The summed E-state index contributed by atoms with van der Waals surface area (Å²) in [5, 5.41) is 0.261. The number of ether oxygens (including phenoxy) is 2. The van der Waals surface area contributed by atoms with Crippen LogP contribution in [0.25, 0.3) is 0 Å². The summed E-state index contributed by atoms with van der Waals surface area (Å²) in [6.45, 7) is 0.905. The fourth-order valence-corrected chi connectivity index (χ4v) is 3.81. The van der Waals surface area contributed by atoms with E-state index in [9.17, 15) is 21.6 Å². The molecule has 12 heteroatoms. The minimum atomic E-state index is -5.06. The van der Waals surface area contributed by atoms with Gasteiger partial charge in [-0.25, -0.2) is 8.42 Å². The van der Waals surface area contributed by atoms with E-state index in [1.54, 1.807) is 0 Å². The molecule has 0 aliphatic carbocycles. The van der Waals surface area contributed by atoms with Gasteiger partial charge in [0.25, 0.3) is 10.0 Å². The second kappa shape index (κ2) is 9.41. The van der Waals surface area contributed by atoms with Crippen LogP contribution in [0.2, 0.25) is 5.02 Å². The van der Waals surface area contributed by atoms with E-state index in [0.717, 1.165) is 12.1 Å². The van der Waals surface area contributed by atoms with E-state index < -0.39 is 27.0 Å². The van der Waals surface area contributed by atoms with Gasteiger partial charge in [0.15, 0.2) is 5.75 Å². The van der Waals surface area contributed by atoms with E-state index in [1.165, 1.54) is 24.3 Å². The zero-order valence-electron chi connectivity index (χ0n) is 15.3. The Hall–Kier alpha value is -1.69. The van der Waals surface area contributed by atoms with Gasteiger partial charge in [0.1, 0.15) is 17.3 Å². The van der Waals surface area contributed by atoms with Gasteiger partial charge in [0.05, 0.1) is 10.7 Å². The number of anilines is 1. The summed E-state index contributed by atoms with van der Waals surface area (Å²) >= 11 is 9.04. The molecule has 0 saturated carbocycles. The summed E-state index contributed by atoms with van der Waals surface area (Å²) in [5.74, 6) is -0.632. The van der Waals surface area contributed by atoms with Gasteiger partial charge in [-0.1, -0.05) is 27.5 Å². The van der Waals surface area contributed by atoms with Crippen LogP contribution in [-0.4, -0.2) is 46.9 Å². The third-order valence-electron chi connectivity index (χ3n) is 3.40. The Bertz CT molecular complexity index is 972. The van der Waals surface area contributed by atoms with E-state index in [2.05, 4.69) is 25.4 Å². The molecule has 1 N–H and O–H groups in total. The first-order valence-electron chi connectivity index (χ1n) is 8.02. The van der Waals surface area contributed by atoms with Crippen LogP contribution >= 0.6 is 27.5 Å². The highest BCUT2D eigenvalue weighted by atomic mass is 79.9. The summed E-state index contributed by atoms with van der Waals surface area (Å²) in [6, 6.07) is 7.33. The predicted octanol–water partition coefficient (Wildman–Crippen LogP) is 4.74. The average molecular weight is 518 g/mol. The highest BCUT2D eigenvalue weighted by molar-refractivity contribution is 9.10. The number of hydrogen-bond donors (Lipinski definition) is 1. The van der Waals surface area contributed by atoms with E-state index in [-0.39, 0.29) is 20.9 Å². The van der Waals surface area contributed by atoms with Gasteiger partial charge in [-0.2, -0.15) is 0 Å². The van der Waals surface area contributed by atoms with Crippen LogP contribution in [0.15, 0.2) is 45.8 Å². The first-order chi connectivity index (χ1) is 13.4. The lowest BCUT2D eigenvalue weighted by Gasteiger charge is -2.16. The molecular weight excluding hydrogens is 501 g/mol. The number of nitrogens with zero attached hydrogens (tertiary/aromatic N) is 1. The summed E-state index contributed by atoms with van der Waals surface area (Å²) < 4.78 is 75.1. The molecule has 0 aliphatic heterocycles. The maximum atomic E-state index is 12.7. The minimum absolute atomic E-state index is 0.0649. The van der Waals surface area contributed by atoms with Gasteiger partial charge >= 0.3 is 6.36 Å². The topological polar surface area (TPSA) is 67.9 Å². The molecule has 160 valence electrons. The molecule has 0 spiro atoms. The fraction of sp³-hybridized carbons (Fsp3) is 0.294. The van der Waals surface area contributed by atoms with Gasteiger partial charge in [0, 0.05) is 17.1 Å². The standard InChI is InChI=1S/C17H17BrClF3N2O4S/c1-24(2)7-8-27-14-10-12(4-5-13(14)19)23-29(25,26)16-6-3-11(18)9-15(16)28-17(20,21)22/h3-6,9-10,23H,7-8H2,1-2H3. The monoisotopic (exact) mass is 516 g/mol. The summed E-state index contributed by atoms with van der Waals surface area (Å²) in [5.41, 5.74) is 0.0649. The SMILES string of the molecule is CN(C)CCOc1cc(NS(=O)(=O)c2ccc(Br)cc2OC(F)(F)F)ccc1Cl. The van der Waals surface area contributed by atoms with Crippen molar-refractivity contribution in [3.05, 3.63) is 45.9 Å². The quantitative estimate of drug-likeness (QED) is 0.548. The molecule has 0 atom stereocenters. The molecule has 2 rings (SSSR count). The van der Waals surface area contributed by atoms with Crippen LogP contribution in [0.4, 0.5) is 18.9 Å². The van der Waals surface area contributed by atoms with Crippen LogP contribution < -0.4 is 14.2 Å². The van der Waals surface area contributed by atoms with Crippen LogP contribution in [0.3, 0.4) is 0 Å². The van der Waals surface area contributed by atoms with Crippen molar-refractivity contribution in [2.45, 2.75) is 11.3 Å². The Kier molecular flexibility index (Phi) is 7.66. The molecule has 2 aromatic rings. The van der Waals surface area contributed by atoms with Crippen molar-refractivity contribution < 1.29 is 31.1 Å². The molecule has 0 aromatic heterocycles. The van der Waals surface area contributed by atoms with Gasteiger partial charge in [-0.3, -0.25) is 4.72 Å². The van der Waals surface area contributed by atoms with Crippen molar-refractivity contribution in [2.24, 2.45) is 0 Å². The van der Waals surface area contributed by atoms with Crippen LogP contribution in [0.1, 0.15) is 0 Å². The Morgan fingerprint density at radius 2 is 1.83 bits per heavy atom. The minimum Gasteiger partial charge on any atom is -0.491 e. The maximum Gasteiger partial charge on any atom is 0.573 e. The van der Waals surface area contributed by atoms with Crippen LogP contribution in [-0.2, 0) is 10.0 Å². The van der Waals surface area contributed by atoms with E-state index in [0.29, 0.717) is 13.2 Å². The van der Waals surface area contributed by atoms with Crippen molar-refractivity contribution >= 4 is 43.2 Å². The van der Waals surface area contributed by atoms with E-state index in [4.69, 9.17) is 16.3 Å². The van der Waals surface area contributed by atoms with Gasteiger partial charge in [-0.15, -0.1) is 13.2 Å². The highest BCUT2D eigenvalue weighted by Gasteiger charge is 2.34. The summed E-state index contributed by atoms with van der Waals surface area (Å²) in [4.78, 5) is 1.21. The first-order valence-corrected chi connectivity index (χ1v) is 10.7. The van der Waals surface area contributed by atoms with Crippen LogP contribution in [0.5, 0.6) is 11.5 Å². The summed E-state index contributed by atoms with van der Waals surface area (Å²) in [6.07, 6.45) is -5.06. The number of nitrogens with one attached hydrogen (secondary N) is 1. The normalized spacial score (nSPS) is 12.1. The zero-order chi connectivity index (χ0) is 21.8. The van der Waals surface area contributed by atoms with Gasteiger partial charge < -0.3 is 14.4 Å². The second-order valence-corrected chi connectivity index (χ2v) is 9.01. The lowest BCUT2D eigenvalue weighted by Crippen LogP contribution is -2.21. The second-order valence-electron chi connectivity index (χ2n) is 6.04. The van der Waals surface area contributed by atoms with Gasteiger partial charge in [0.2, 0.25) is 0 Å². The van der Waals surface area contributed by atoms with Crippen molar-refractivity contribution in [3.8, 4) is 11.5 Å². The van der Waals surface area contributed by atoms with Crippen molar-refractivity contribution in [1.82, 2.24) is 4.90 Å². The molecule has 2 aromatic carbocycles. The Labute approximate surface area is 179 Å². The molecule has 0 unspecified atom stereocenters. The Morgan fingerprint density at radius 3 is 2.45 bits per heavy atom. The van der Waals surface area contributed by atoms with E-state index >= 15 is 0 Å². The lowest BCUT2D eigenvalue weighted by molar-refractivity contribution is -0.275. The number of hydrogen-bond acceptors (Lipinski definition) is 5. The van der Waals surface area contributed by atoms with Crippen molar-refractivity contribution in [2.75, 3.05) is 32.0 Å². The molecule has 0 aliphatic rings. The molecule has 0 bridgehead atoms. The first kappa shape index (κ1) is 23.6. The summed E-state index contributed by atoms with van der Waals surface area (Å²) in [7, 11) is -0.688. The van der Waals surface area contributed by atoms with Gasteiger partial charge in [-0.05, 0) is 44.4 Å². The van der Waals surface area contributed by atoms with Crippen molar-refractivity contribution in [3.63, 3.8) is 0 Å². The Balaban J connectivity index is 2.30. The number of sulfonamides is 1. The number of halogens is 5. The smallest absolute Gasteiger partial charge is 0.491 e. The molecule has 0 heterocycles. The predicted molar refractivity (Wildman–Crippen MR) is 107 cm³/mol. The number of rotatable bonds is 8. The number of benzene rings is 2.